The predicted molar refractivity (Wildman–Crippen MR) is 151 cm³/mol. The Morgan fingerprint density at radius 2 is 1.71 bits per heavy atom. The number of hydrogen-bond donors (Lipinski definition) is 2. The van der Waals surface area contributed by atoms with Crippen molar-refractivity contribution in [3.8, 4) is 17.2 Å². The Labute approximate surface area is 229 Å². The third kappa shape index (κ3) is 5.91. The van der Waals surface area contributed by atoms with Crippen LogP contribution >= 0.6 is 23.8 Å². The molecule has 1 aromatic heterocycles. The van der Waals surface area contributed by atoms with Crippen LogP contribution < -0.4 is 20.1 Å². The fourth-order valence-electron chi connectivity index (χ4n) is 3.67. The SMILES string of the molecule is COc1ccc(-n2nc3ccc(NC(=S)NC(=O)c4ccc(OCc5ccccc5)cc4)cc3n2)cc1Cl. The molecule has 5 rings (SSSR count). The number of rotatable bonds is 7. The van der Waals surface area contributed by atoms with Gasteiger partial charge in [-0.15, -0.1) is 10.2 Å². The highest BCUT2D eigenvalue weighted by Gasteiger charge is 2.11. The Morgan fingerprint density at radius 1 is 0.947 bits per heavy atom. The van der Waals surface area contributed by atoms with Gasteiger partial charge in [-0.25, -0.2) is 0 Å². The van der Waals surface area contributed by atoms with Crippen molar-refractivity contribution in [1.29, 1.82) is 0 Å². The molecule has 8 nitrogen and oxygen atoms in total. The quantitative estimate of drug-likeness (QED) is 0.251. The molecule has 0 unspecified atom stereocenters. The molecule has 2 N–H and O–H groups in total. The summed E-state index contributed by atoms with van der Waals surface area (Å²) < 4.78 is 11.0. The topological polar surface area (TPSA) is 90.3 Å². The van der Waals surface area contributed by atoms with Crippen LogP contribution in [0.25, 0.3) is 16.7 Å². The van der Waals surface area contributed by atoms with E-state index in [4.69, 9.17) is 33.3 Å². The van der Waals surface area contributed by atoms with Gasteiger partial charge in [0.1, 0.15) is 29.1 Å². The zero-order chi connectivity index (χ0) is 26.5. The Morgan fingerprint density at radius 3 is 2.45 bits per heavy atom. The monoisotopic (exact) mass is 543 g/mol. The minimum absolute atomic E-state index is 0.160. The molecule has 0 atom stereocenters. The van der Waals surface area contributed by atoms with Crippen LogP contribution in [0.15, 0.2) is 91.0 Å². The lowest BCUT2D eigenvalue weighted by Gasteiger charge is -2.10. The number of carbonyl (C=O) groups excluding carboxylic acids is 1. The number of hydrogen-bond acceptors (Lipinski definition) is 6. The molecule has 4 aromatic carbocycles. The van der Waals surface area contributed by atoms with Crippen molar-refractivity contribution < 1.29 is 14.3 Å². The second-order valence-electron chi connectivity index (χ2n) is 8.22. The van der Waals surface area contributed by atoms with E-state index >= 15 is 0 Å². The lowest BCUT2D eigenvalue weighted by atomic mass is 10.2. The Kier molecular flexibility index (Phi) is 7.48. The highest BCUT2D eigenvalue weighted by atomic mass is 35.5. The molecule has 0 aliphatic heterocycles. The van der Waals surface area contributed by atoms with Crippen LogP contribution in [-0.2, 0) is 6.61 Å². The third-order valence-corrected chi connectivity index (χ3v) is 6.10. The molecule has 0 radical (unpaired) electrons. The lowest BCUT2D eigenvalue weighted by Crippen LogP contribution is -2.34. The van der Waals surface area contributed by atoms with Crippen molar-refractivity contribution in [2.75, 3.05) is 12.4 Å². The average Bonchev–Trinajstić information content (AvgIpc) is 3.36. The minimum atomic E-state index is -0.333. The summed E-state index contributed by atoms with van der Waals surface area (Å²) in [7, 11) is 1.56. The number of benzene rings is 4. The highest BCUT2D eigenvalue weighted by Crippen LogP contribution is 2.27. The fourth-order valence-corrected chi connectivity index (χ4v) is 4.13. The number of anilines is 1. The van der Waals surface area contributed by atoms with Gasteiger partial charge in [-0.2, -0.15) is 4.80 Å². The first-order valence-electron chi connectivity index (χ1n) is 11.6. The summed E-state index contributed by atoms with van der Waals surface area (Å²) >= 11 is 11.6. The molecule has 0 saturated heterocycles. The maximum atomic E-state index is 12.7. The first kappa shape index (κ1) is 25.2. The standard InChI is InChI=1S/C28H22ClN5O3S/c1-36-26-14-10-21(16-23(26)29)34-32-24-13-9-20(15-25(24)33-34)30-28(38)31-27(35)19-7-11-22(12-8-19)37-17-18-5-3-2-4-6-18/h2-16H,17H2,1H3,(H2,30,31,35,38). The van der Waals surface area contributed by atoms with E-state index in [0.29, 0.717) is 51.1 Å². The molecule has 0 aliphatic rings. The van der Waals surface area contributed by atoms with E-state index in [1.807, 2.05) is 42.5 Å². The van der Waals surface area contributed by atoms with E-state index in [0.717, 1.165) is 5.56 Å². The number of nitrogens with zero attached hydrogens (tertiary/aromatic N) is 3. The van der Waals surface area contributed by atoms with Crippen molar-refractivity contribution in [3.05, 3.63) is 107 Å². The average molecular weight is 544 g/mol. The highest BCUT2D eigenvalue weighted by molar-refractivity contribution is 7.80. The number of aromatic nitrogens is 3. The maximum absolute atomic E-state index is 12.7. The first-order valence-corrected chi connectivity index (χ1v) is 12.4. The van der Waals surface area contributed by atoms with Crippen LogP contribution in [-0.4, -0.2) is 33.1 Å². The van der Waals surface area contributed by atoms with Gasteiger partial charge in [0, 0.05) is 11.3 Å². The normalized spacial score (nSPS) is 10.7. The molecule has 38 heavy (non-hydrogen) atoms. The van der Waals surface area contributed by atoms with Crippen molar-refractivity contribution in [2.24, 2.45) is 0 Å². The van der Waals surface area contributed by atoms with E-state index in [2.05, 4.69) is 20.8 Å². The van der Waals surface area contributed by atoms with Crippen molar-refractivity contribution in [1.82, 2.24) is 20.3 Å². The van der Waals surface area contributed by atoms with Crippen LogP contribution in [0.2, 0.25) is 5.02 Å². The minimum Gasteiger partial charge on any atom is -0.495 e. The molecule has 0 bridgehead atoms. The van der Waals surface area contributed by atoms with Crippen molar-refractivity contribution in [2.45, 2.75) is 6.61 Å². The summed E-state index contributed by atoms with van der Waals surface area (Å²) in [5, 5.41) is 15.3. The molecule has 1 amide bonds. The van der Waals surface area contributed by atoms with Crippen LogP contribution in [0.5, 0.6) is 11.5 Å². The number of halogens is 1. The van der Waals surface area contributed by atoms with Gasteiger partial charge in [0.25, 0.3) is 5.91 Å². The molecule has 0 aliphatic carbocycles. The number of amides is 1. The number of carbonyl (C=O) groups is 1. The van der Waals surface area contributed by atoms with Gasteiger partial charge >= 0.3 is 0 Å². The summed E-state index contributed by atoms with van der Waals surface area (Å²) in [5.74, 6) is 0.909. The van der Waals surface area contributed by atoms with E-state index in [1.165, 1.54) is 4.80 Å². The van der Waals surface area contributed by atoms with E-state index in [1.54, 1.807) is 55.6 Å². The molecule has 0 spiro atoms. The number of thiocarbonyl (C=S) groups is 1. The van der Waals surface area contributed by atoms with Gasteiger partial charge in [0.15, 0.2) is 5.11 Å². The fraction of sp³-hybridized carbons (Fsp3) is 0.0714. The van der Waals surface area contributed by atoms with Crippen molar-refractivity contribution in [3.63, 3.8) is 0 Å². The molecule has 0 fully saturated rings. The Hall–Kier alpha value is -4.47. The van der Waals surface area contributed by atoms with Gasteiger partial charge in [-0.3, -0.25) is 10.1 Å². The largest absolute Gasteiger partial charge is 0.495 e. The van der Waals surface area contributed by atoms with E-state index in [9.17, 15) is 4.79 Å². The Bertz CT molecular complexity index is 1610. The van der Waals surface area contributed by atoms with Crippen molar-refractivity contribution >= 4 is 51.6 Å². The Balaban J connectivity index is 1.19. The molecule has 5 aromatic rings. The van der Waals surface area contributed by atoms with Crippen LogP contribution in [0.3, 0.4) is 0 Å². The summed E-state index contributed by atoms with van der Waals surface area (Å²) in [6.45, 7) is 0.451. The third-order valence-electron chi connectivity index (χ3n) is 5.60. The van der Waals surface area contributed by atoms with Crippen LogP contribution in [0.4, 0.5) is 5.69 Å². The lowest BCUT2D eigenvalue weighted by molar-refractivity contribution is 0.0977. The van der Waals surface area contributed by atoms with E-state index in [-0.39, 0.29) is 11.0 Å². The first-order chi connectivity index (χ1) is 18.5. The number of methoxy groups -OCH3 is 1. The second kappa shape index (κ2) is 11.3. The maximum Gasteiger partial charge on any atom is 0.257 e. The molecule has 10 heteroatoms. The van der Waals surface area contributed by atoms with Gasteiger partial charge in [-0.05, 0) is 78.4 Å². The predicted octanol–water partition coefficient (Wildman–Crippen LogP) is 5.79. The molecule has 190 valence electrons. The van der Waals surface area contributed by atoms with Gasteiger partial charge < -0.3 is 14.8 Å². The van der Waals surface area contributed by atoms with E-state index < -0.39 is 0 Å². The molecular weight excluding hydrogens is 522 g/mol. The van der Waals surface area contributed by atoms with Gasteiger partial charge in [-0.1, -0.05) is 41.9 Å². The summed E-state index contributed by atoms with van der Waals surface area (Å²) in [6, 6.07) is 27.5. The van der Waals surface area contributed by atoms with Crippen LogP contribution in [0, 0.1) is 0 Å². The molecular formula is C28H22ClN5O3S. The smallest absolute Gasteiger partial charge is 0.257 e. The zero-order valence-corrected chi connectivity index (χ0v) is 21.8. The zero-order valence-electron chi connectivity index (χ0n) is 20.2. The van der Waals surface area contributed by atoms with Crippen LogP contribution in [0.1, 0.15) is 15.9 Å². The molecule has 0 saturated carbocycles. The summed E-state index contributed by atoms with van der Waals surface area (Å²) in [6.07, 6.45) is 0. The number of nitrogens with one attached hydrogen (secondary N) is 2. The summed E-state index contributed by atoms with van der Waals surface area (Å²) in [5.41, 5.74) is 4.21. The summed E-state index contributed by atoms with van der Waals surface area (Å²) in [4.78, 5) is 14.2. The van der Waals surface area contributed by atoms with Gasteiger partial charge in [0.05, 0.1) is 17.8 Å². The molecule has 1 heterocycles. The second-order valence-corrected chi connectivity index (χ2v) is 9.03. The number of ether oxygens (including phenoxy) is 2. The number of fused-ring (bicyclic) bond motifs is 1. The van der Waals surface area contributed by atoms with Gasteiger partial charge in [0.2, 0.25) is 0 Å².